The zero-order chi connectivity index (χ0) is 10.1. The van der Waals surface area contributed by atoms with Crippen LogP contribution in [-0.2, 0) is 4.79 Å². The number of carbonyl (C=O) groups excluding carboxylic acids is 1. The third-order valence-electron chi connectivity index (χ3n) is 2.50. The van der Waals surface area contributed by atoms with E-state index in [-0.39, 0.29) is 5.91 Å². The molecule has 2 N–H and O–H groups in total. The number of allylic oxidation sites excluding steroid dienone is 1. The van der Waals surface area contributed by atoms with Crippen LogP contribution in [0.4, 0.5) is 0 Å². The van der Waals surface area contributed by atoms with Crippen LogP contribution in [0.1, 0.15) is 40.0 Å². The molecule has 0 saturated carbocycles. The fraction of sp³-hybridized carbons (Fsp3) is 0.727. The molecule has 1 unspecified atom stereocenters. The fourth-order valence-electron chi connectivity index (χ4n) is 2.42. The van der Waals surface area contributed by atoms with Gasteiger partial charge in [-0.1, -0.05) is 32.4 Å². The largest absolute Gasteiger partial charge is 0.369 e. The molecule has 0 aromatic carbocycles. The number of rotatable bonds is 2. The van der Waals surface area contributed by atoms with Crippen molar-refractivity contribution in [3.8, 4) is 0 Å². The number of amides is 1. The maximum atomic E-state index is 10.8. The Bertz CT molecular complexity index is 240. The lowest BCUT2D eigenvalue weighted by atomic mass is 9.73. The van der Waals surface area contributed by atoms with E-state index in [0.717, 1.165) is 6.42 Å². The summed E-state index contributed by atoms with van der Waals surface area (Å²) in [7, 11) is 0. The number of primary amides is 1. The van der Waals surface area contributed by atoms with Crippen molar-refractivity contribution in [3.63, 3.8) is 0 Å². The molecule has 0 heterocycles. The fourth-order valence-corrected chi connectivity index (χ4v) is 2.42. The van der Waals surface area contributed by atoms with Crippen molar-refractivity contribution in [1.29, 1.82) is 0 Å². The Kier molecular flexibility index (Phi) is 2.79. The molecule has 1 atom stereocenters. The van der Waals surface area contributed by atoms with Crippen molar-refractivity contribution in [2.75, 3.05) is 0 Å². The Balaban J connectivity index is 2.69. The summed E-state index contributed by atoms with van der Waals surface area (Å²) in [6.07, 6.45) is 4.86. The number of carbonyl (C=O) groups is 1. The second kappa shape index (κ2) is 3.52. The van der Waals surface area contributed by atoms with Crippen molar-refractivity contribution >= 4 is 5.91 Å². The molecule has 0 spiro atoms. The third-order valence-corrected chi connectivity index (χ3v) is 2.50. The molecule has 0 bridgehead atoms. The van der Waals surface area contributed by atoms with Gasteiger partial charge in [0.15, 0.2) is 0 Å². The molecular formula is C11H19NO. The molecule has 13 heavy (non-hydrogen) atoms. The summed E-state index contributed by atoms with van der Waals surface area (Å²) in [5.41, 5.74) is 6.73. The van der Waals surface area contributed by atoms with Crippen LogP contribution < -0.4 is 5.73 Å². The van der Waals surface area contributed by atoms with Crippen LogP contribution in [0.5, 0.6) is 0 Å². The average molecular weight is 181 g/mol. The van der Waals surface area contributed by atoms with Gasteiger partial charge in [0.05, 0.1) is 0 Å². The number of hydrogen-bond donors (Lipinski definition) is 1. The second-order valence-corrected chi connectivity index (χ2v) is 4.99. The second-order valence-electron chi connectivity index (χ2n) is 4.99. The standard InChI is InChI=1S/C11H19NO/c1-8-4-9(5-10(12)13)7-11(2,3)6-8/h4,8H,5-7H2,1-3H3,(H2,12,13). The van der Waals surface area contributed by atoms with E-state index < -0.39 is 0 Å². The highest BCUT2D eigenvalue weighted by Crippen LogP contribution is 2.38. The van der Waals surface area contributed by atoms with E-state index in [1.54, 1.807) is 0 Å². The van der Waals surface area contributed by atoms with Gasteiger partial charge in [-0.15, -0.1) is 0 Å². The van der Waals surface area contributed by atoms with Gasteiger partial charge in [0, 0.05) is 6.42 Å². The Morgan fingerprint density at radius 3 is 2.77 bits per heavy atom. The zero-order valence-electron chi connectivity index (χ0n) is 8.76. The SMILES string of the molecule is CC1C=C(CC(N)=O)CC(C)(C)C1. The van der Waals surface area contributed by atoms with Gasteiger partial charge < -0.3 is 5.73 Å². The minimum atomic E-state index is -0.212. The molecule has 0 fully saturated rings. The van der Waals surface area contributed by atoms with Crippen LogP contribution in [0.2, 0.25) is 0 Å². The van der Waals surface area contributed by atoms with Gasteiger partial charge >= 0.3 is 0 Å². The summed E-state index contributed by atoms with van der Waals surface area (Å²) < 4.78 is 0. The van der Waals surface area contributed by atoms with Gasteiger partial charge in [0.25, 0.3) is 0 Å². The van der Waals surface area contributed by atoms with Gasteiger partial charge in [-0.25, -0.2) is 0 Å². The van der Waals surface area contributed by atoms with Crippen molar-refractivity contribution in [1.82, 2.24) is 0 Å². The molecule has 1 aliphatic carbocycles. The summed E-state index contributed by atoms with van der Waals surface area (Å²) in [6.45, 7) is 6.69. The van der Waals surface area contributed by atoms with E-state index in [1.807, 2.05) is 0 Å². The Hall–Kier alpha value is -0.790. The summed E-state index contributed by atoms with van der Waals surface area (Å²) in [5, 5.41) is 0. The summed E-state index contributed by atoms with van der Waals surface area (Å²) in [4.78, 5) is 10.8. The van der Waals surface area contributed by atoms with E-state index in [9.17, 15) is 4.79 Å². The van der Waals surface area contributed by atoms with Crippen molar-refractivity contribution in [2.24, 2.45) is 17.1 Å². The topological polar surface area (TPSA) is 43.1 Å². The molecular weight excluding hydrogens is 162 g/mol. The average Bonchev–Trinajstić information content (AvgIpc) is 1.78. The van der Waals surface area contributed by atoms with E-state index in [0.29, 0.717) is 17.8 Å². The van der Waals surface area contributed by atoms with E-state index in [2.05, 4.69) is 26.8 Å². The first kappa shape index (κ1) is 10.3. The first-order valence-corrected chi connectivity index (χ1v) is 4.87. The monoisotopic (exact) mass is 181 g/mol. The van der Waals surface area contributed by atoms with Crippen molar-refractivity contribution < 1.29 is 4.79 Å². The molecule has 1 amide bonds. The third kappa shape index (κ3) is 3.21. The van der Waals surface area contributed by atoms with E-state index >= 15 is 0 Å². The highest BCUT2D eigenvalue weighted by Gasteiger charge is 2.26. The Morgan fingerprint density at radius 1 is 1.69 bits per heavy atom. The molecule has 0 saturated heterocycles. The normalized spacial score (nSPS) is 26.7. The van der Waals surface area contributed by atoms with Crippen molar-refractivity contribution in [2.45, 2.75) is 40.0 Å². The first-order valence-electron chi connectivity index (χ1n) is 4.87. The number of nitrogens with two attached hydrogens (primary N) is 1. The van der Waals surface area contributed by atoms with Crippen LogP contribution in [0.15, 0.2) is 11.6 Å². The van der Waals surface area contributed by atoms with Gasteiger partial charge in [-0.05, 0) is 24.2 Å². The molecule has 0 aromatic rings. The molecule has 0 aliphatic heterocycles. The smallest absolute Gasteiger partial charge is 0.221 e. The zero-order valence-corrected chi connectivity index (χ0v) is 8.76. The first-order chi connectivity index (χ1) is 5.89. The highest BCUT2D eigenvalue weighted by atomic mass is 16.1. The lowest BCUT2D eigenvalue weighted by molar-refractivity contribution is -0.117. The highest BCUT2D eigenvalue weighted by molar-refractivity contribution is 5.76. The predicted molar refractivity (Wildman–Crippen MR) is 54.1 cm³/mol. The van der Waals surface area contributed by atoms with Gasteiger partial charge in [0.2, 0.25) is 5.91 Å². The van der Waals surface area contributed by atoms with Crippen LogP contribution in [0.25, 0.3) is 0 Å². The quantitative estimate of drug-likeness (QED) is 0.652. The van der Waals surface area contributed by atoms with Crippen molar-refractivity contribution in [3.05, 3.63) is 11.6 Å². The molecule has 0 aromatic heterocycles. The summed E-state index contributed by atoms with van der Waals surface area (Å²) >= 11 is 0. The molecule has 1 aliphatic rings. The maximum absolute atomic E-state index is 10.8. The molecule has 74 valence electrons. The molecule has 0 radical (unpaired) electrons. The van der Waals surface area contributed by atoms with Crippen LogP contribution in [0.3, 0.4) is 0 Å². The minimum absolute atomic E-state index is 0.212. The Morgan fingerprint density at radius 2 is 2.31 bits per heavy atom. The minimum Gasteiger partial charge on any atom is -0.369 e. The van der Waals surface area contributed by atoms with Gasteiger partial charge in [-0.2, -0.15) is 0 Å². The summed E-state index contributed by atoms with van der Waals surface area (Å²) in [6, 6.07) is 0. The van der Waals surface area contributed by atoms with Gasteiger partial charge in [0.1, 0.15) is 0 Å². The van der Waals surface area contributed by atoms with Crippen LogP contribution in [0, 0.1) is 11.3 Å². The van der Waals surface area contributed by atoms with E-state index in [4.69, 9.17) is 5.73 Å². The molecule has 1 rings (SSSR count). The Labute approximate surface area is 80.2 Å². The van der Waals surface area contributed by atoms with Crippen LogP contribution in [-0.4, -0.2) is 5.91 Å². The maximum Gasteiger partial charge on any atom is 0.221 e. The lowest BCUT2D eigenvalue weighted by Gasteiger charge is -2.33. The predicted octanol–water partition coefficient (Wildman–Crippen LogP) is 2.24. The molecule has 2 nitrogen and oxygen atoms in total. The number of hydrogen-bond acceptors (Lipinski definition) is 1. The lowest BCUT2D eigenvalue weighted by Crippen LogP contribution is -2.23. The van der Waals surface area contributed by atoms with E-state index in [1.165, 1.54) is 12.0 Å². The van der Waals surface area contributed by atoms with Crippen LogP contribution >= 0.6 is 0 Å². The van der Waals surface area contributed by atoms with Gasteiger partial charge in [-0.3, -0.25) is 4.79 Å². The summed E-state index contributed by atoms with van der Waals surface area (Å²) in [5.74, 6) is 0.370. The molecule has 2 heteroatoms.